The second-order valence-electron chi connectivity index (χ2n) is 26.0. The molecule has 0 aliphatic carbocycles. The molecular weight excluding hydrogens is 1020 g/mol. The number of anilines is 6. The van der Waals surface area contributed by atoms with E-state index in [-0.39, 0.29) is 22.7 Å². The van der Waals surface area contributed by atoms with E-state index in [0.29, 0.717) is 0 Å². The van der Waals surface area contributed by atoms with Gasteiger partial charge in [0.05, 0.1) is 55.8 Å². The van der Waals surface area contributed by atoms with Crippen LogP contribution in [0.15, 0.2) is 231 Å². The molecule has 11 aromatic carbocycles. The zero-order valence-corrected chi connectivity index (χ0v) is 49.9. The van der Waals surface area contributed by atoms with Gasteiger partial charge in [-0.1, -0.05) is 251 Å². The normalized spacial score (nSPS) is 12.6. The number of aromatic nitrogens is 2. The van der Waals surface area contributed by atoms with Crippen LogP contribution in [0.1, 0.15) is 103 Å². The molecule has 0 spiro atoms. The lowest BCUT2D eigenvalue weighted by atomic mass is 9.85. The van der Waals surface area contributed by atoms with Gasteiger partial charge in [0.25, 0.3) is 0 Å². The van der Waals surface area contributed by atoms with E-state index in [9.17, 15) is 0 Å². The zero-order chi connectivity index (χ0) is 57.5. The highest BCUT2D eigenvalue weighted by Crippen LogP contribution is 2.55. The standard InChI is InChI=1S/C80H70N4/c1-49(2)55-35-23-37-57(51-27-15-11-16-28-51)73(55)81(53-31-19-13-20-32-53)67-45-43-59-63-47-70-64(48-69(63)83-75-61(71(67)77(59)83)39-25-41-65(75)79(5,6)7)60-44-46-68(72-62-40-26-42-66(80(8,9)10)76(62)84(70)78(60)72)82(54-33-21-14-22-34-54)74-56(50(3)4)36-24-38-58(74)52-29-17-12-18-30-52/h11-50H,1-10H3. The molecule has 4 nitrogen and oxygen atoms in total. The van der Waals surface area contributed by atoms with Gasteiger partial charge < -0.3 is 18.6 Å². The van der Waals surface area contributed by atoms with Crippen LogP contribution >= 0.6 is 0 Å². The number of benzene rings is 11. The fourth-order valence-corrected chi connectivity index (χ4v) is 14.4. The van der Waals surface area contributed by atoms with E-state index in [2.05, 4.69) is 318 Å². The quantitative estimate of drug-likeness (QED) is 0.136. The van der Waals surface area contributed by atoms with Crippen molar-refractivity contribution >= 4 is 110 Å². The van der Waals surface area contributed by atoms with Crippen LogP contribution in [-0.4, -0.2) is 8.80 Å². The number of nitrogens with zero attached hydrogens (tertiary/aromatic N) is 4. The Labute approximate surface area is 493 Å². The van der Waals surface area contributed by atoms with Crippen LogP contribution < -0.4 is 9.80 Å². The minimum atomic E-state index is -0.154. The molecule has 0 aliphatic heterocycles. The molecule has 0 N–H and O–H groups in total. The Hall–Kier alpha value is -9.38. The van der Waals surface area contributed by atoms with Crippen molar-refractivity contribution in [2.24, 2.45) is 0 Å². The SMILES string of the molecule is CC(C)c1cccc(-c2ccccc2)c1N(c1ccccc1)c1ccc2c3cc4c(cc3n3c5c(C(C)(C)C)cccc5c1c23)c1ccc(N(c2ccccc2)c2c(-c3ccccc3)cccc2C(C)C)c2c3cccc(C(C)(C)C)c3n4c12. The van der Waals surface area contributed by atoms with Gasteiger partial charge in [0.2, 0.25) is 0 Å². The molecule has 0 bridgehead atoms. The lowest BCUT2D eigenvalue weighted by Gasteiger charge is -2.32. The Kier molecular flexibility index (Phi) is 11.7. The molecular formula is C80H70N4. The second-order valence-corrected chi connectivity index (χ2v) is 26.0. The van der Waals surface area contributed by atoms with E-state index in [4.69, 9.17) is 0 Å². The van der Waals surface area contributed by atoms with Crippen LogP contribution in [0.4, 0.5) is 34.1 Å². The summed E-state index contributed by atoms with van der Waals surface area (Å²) in [6.45, 7) is 23.6. The van der Waals surface area contributed by atoms with Crippen molar-refractivity contribution in [3.05, 3.63) is 253 Å². The van der Waals surface area contributed by atoms with Gasteiger partial charge in [0.15, 0.2) is 0 Å². The lowest BCUT2D eigenvalue weighted by Crippen LogP contribution is -2.14. The summed E-state index contributed by atoms with van der Waals surface area (Å²) in [6.07, 6.45) is 0. The molecule has 0 fully saturated rings. The van der Waals surface area contributed by atoms with Gasteiger partial charge in [0, 0.05) is 65.6 Å². The molecule has 15 aromatic rings. The number of fused-ring (bicyclic) bond motifs is 12. The Morgan fingerprint density at radius 3 is 1.04 bits per heavy atom. The highest BCUT2D eigenvalue weighted by Gasteiger charge is 2.33. The van der Waals surface area contributed by atoms with Crippen molar-refractivity contribution in [1.29, 1.82) is 0 Å². The average molecular weight is 1090 g/mol. The van der Waals surface area contributed by atoms with Gasteiger partial charge in [0.1, 0.15) is 0 Å². The summed E-state index contributed by atoms with van der Waals surface area (Å²) < 4.78 is 5.33. The zero-order valence-electron chi connectivity index (χ0n) is 49.9. The van der Waals surface area contributed by atoms with Crippen molar-refractivity contribution in [1.82, 2.24) is 8.80 Å². The maximum absolute atomic E-state index is 2.67. The minimum Gasteiger partial charge on any atom is -0.309 e. The van der Waals surface area contributed by atoms with Crippen molar-refractivity contribution in [2.45, 2.75) is 91.9 Å². The fourth-order valence-electron chi connectivity index (χ4n) is 14.4. The second kappa shape index (κ2) is 19.1. The number of hydrogen-bond acceptors (Lipinski definition) is 2. The third-order valence-electron chi connectivity index (χ3n) is 18.1. The lowest BCUT2D eigenvalue weighted by molar-refractivity contribution is 0.594. The van der Waals surface area contributed by atoms with E-state index in [1.165, 1.54) is 143 Å². The van der Waals surface area contributed by atoms with E-state index in [1.807, 2.05) is 0 Å². The maximum Gasteiger partial charge on any atom is 0.0641 e. The molecule has 0 aliphatic rings. The topological polar surface area (TPSA) is 15.3 Å². The van der Waals surface area contributed by atoms with Crippen molar-refractivity contribution < 1.29 is 0 Å². The molecule has 4 heterocycles. The Morgan fingerprint density at radius 1 is 0.321 bits per heavy atom. The van der Waals surface area contributed by atoms with Crippen LogP contribution in [0.2, 0.25) is 0 Å². The molecule has 0 unspecified atom stereocenters. The van der Waals surface area contributed by atoms with Crippen LogP contribution in [0, 0.1) is 0 Å². The smallest absolute Gasteiger partial charge is 0.0641 e. The van der Waals surface area contributed by atoms with Crippen molar-refractivity contribution in [2.75, 3.05) is 9.80 Å². The summed E-state index contributed by atoms with van der Waals surface area (Å²) >= 11 is 0. The van der Waals surface area contributed by atoms with E-state index in [0.717, 1.165) is 11.4 Å². The summed E-state index contributed by atoms with van der Waals surface area (Å²) in [5, 5.41) is 10.1. The predicted molar refractivity (Wildman–Crippen MR) is 362 cm³/mol. The number of para-hydroxylation sites is 6. The van der Waals surface area contributed by atoms with E-state index in [1.54, 1.807) is 0 Å². The third-order valence-corrected chi connectivity index (χ3v) is 18.1. The first-order chi connectivity index (χ1) is 40.7. The fraction of sp³-hybridized carbons (Fsp3) is 0.175. The Balaban J connectivity index is 1.09. The summed E-state index contributed by atoms with van der Waals surface area (Å²) in [4.78, 5) is 5.16. The highest BCUT2D eigenvalue weighted by molar-refractivity contribution is 6.33. The van der Waals surface area contributed by atoms with E-state index >= 15 is 0 Å². The largest absolute Gasteiger partial charge is 0.309 e. The van der Waals surface area contributed by atoms with Gasteiger partial charge in [-0.2, -0.15) is 0 Å². The molecule has 0 radical (unpaired) electrons. The molecule has 410 valence electrons. The van der Waals surface area contributed by atoms with Crippen molar-refractivity contribution in [3.63, 3.8) is 0 Å². The van der Waals surface area contributed by atoms with Crippen LogP contribution in [-0.2, 0) is 10.8 Å². The third kappa shape index (κ3) is 7.65. The minimum absolute atomic E-state index is 0.154. The van der Waals surface area contributed by atoms with Gasteiger partial charge >= 0.3 is 0 Å². The van der Waals surface area contributed by atoms with Gasteiger partial charge in [-0.15, -0.1) is 0 Å². The number of hydrogen-bond donors (Lipinski definition) is 0. The molecule has 4 heteroatoms. The first-order valence-electron chi connectivity index (χ1n) is 30.2. The highest BCUT2D eigenvalue weighted by atomic mass is 15.2. The van der Waals surface area contributed by atoms with Crippen LogP contribution in [0.5, 0.6) is 0 Å². The molecule has 0 saturated heterocycles. The predicted octanol–water partition coefficient (Wildman–Crippen LogP) is 23.1. The van der Waals surface area contributed by atoms with E-state index < -0.39 is 0 Å². The van der Waals surface area contributed by atoms with Gasteiger partial charge in [-0.05, 0) is 105 Å². The summed E-state index contributed by atoms with van der Waals surface area (Å²) in [5.74, 6) is 0.526. The monoisotopic (exact) mass is 1090 g/mol. The maximum atomic E-state index is 2.67. The van der Waals surface area contributed by atoms with Gasteiger partial charge in [-0.25, -0.2) is 0 Å². The molecule has 0 amide bonds. The molecule has 15 rings (SSSR count). The molecule has 0 saturated carbocycles. The molecule has 0 atom stereocenters. The average Bonchev–Trinajstić information content (AvgIpc) is 1.55. The summed E-state index contributed by atoms with van der Waals surface area (Å²) in [6, 6.07) is 86.8. The Bertz CT molecular complexity index is 4690. The van der Waals surface area contributed by atoms with Crippen LogP contribution in [0.25, 0.3) is 98.4 Å². The Morgan fingerprint density at radius 2 is 0.679 bits per heavy atom. The first-order valence-corrected chi connectivity index (χ1v) is 30.2. The first kappa shape index (κ1) is 51.5. The number of rotatable bonds is 10. The molecule has 4 aromatic heterocycles. The summed E-state index contributed by atoms with van der Waals surface area (Å²) in [5.41, 5.74) is 24.3. The summed E-state index contributed by atoms with van der Waals surface area (Å²) in [7, 11) is 0. The van der Waals surface area contributed by atoms with Crippen molar-refractivity contribution in [3.8, 4) is 22.3 Å². The van der Waals surface area contributed by atoms with Gasteiger partial charge in [-0.3, -0.25) is 0 Å². The van der Waals surface area contributed by atoms with Crippen LogP contribution in [0.3, 0.4) is 0 Å². The molecule has 84 heavy (non-hydrogen) atoms.